The second-order valence-corrected chi connectivity index (χ2v) is 1.99. The quantitative estimate of drug-likeness (QED) is 0.416. The fourth-order valence-corrected chi connectivity index (χ4v) is 0.799. The lowest BCUT2D eigenvalue weighted by Crippen LogP contribution is -2.54. The van der Waals surface area contributed by atoms with Gasteiger partial charge in [0, 0.05) is 13.1 Å². The Hall–Kier alpha value is -1.10. The van der Waals surface area contributed by atoms with E-state index in [4.69, 9.17) is 0 Å². The van der Waals surface area contributed by atoms with Crippen LogP contribution in [0.25, 0.3) is 0 Å². The number of piperazine rings is 1. The molecule has 5 nitrogen and oxygen atoms in total. The molecule has 1 saturated heterocycles. The number of nitrogens with one attached hydrogen (secondary N) is 1. The molecule has 1 aliphatic heterocycles. The van der Waals surface area contributed by atoms with Gasteiger partial charge in [-0.05, 0) is 0 Å². The summed E-state index contributed by atoms with van der Waals surface area (Å²) in [7, 11) is 0. The number of carboxylic acid groups (broad SMARTS) is 1. The maximum absolute atomic E-state index is 10.7. The Morgan fingerprint density at radius 1 is 1.70 bits per heavy atom. The predicted octanol–water partition coefficient (Wildman–Crippen LogP) is -2.24. The van der Waals surface area contributed by atoms with Gasteiger partial charge in [-0.25, -0.2) is 0 Å². The highest BCUT2D eigenvalue weighted by atomic mass is 16.4. The topological polar surface area (TPSA) is 72.5 Å². The van der Waals surface area contributed by atoms with E-state index in [1.807, 2.05) is 0 Å². The standard InChI is InChI=1S/C5H8N2O3/c8-4-3-6-1-2-7(4)5(9)10/h6H,1-3H2,(H,9,10)/p-1. The van der Waals surface area contributed by atoms with E-state index in [9.17, 15) is 14.7 Å². The lowest BCUT2D eigenvalue weighted by atomic mass is 10.4. The fraction of sp³-hybridized carbons (Fsp3) is 0.600. The highest BCUT2D eigenvalue weighted by molar-refractivity contribution is 5.92. The Morgan fingerprint density at radius 2 is 2.40 bits per heavy atom. The zero-order valence-corrected chi connectivity index (χ0v) is 5.29. The molecule has 0 aliphatic carbocycles. The second kappa shape index (κ2) is 2.66. The Kier molecular flexibility index (Phi) is 1.86. The van der Waals surface area contributed by atoms with Crippen molar-refractivity contribution in [2.45, 2.75) is 0 Å². The number of carbonyl (C=O) groups is 2. The molecule has 1 N–H and O–H groups in total. The first-order chi connectivity index (χ1) is 4.72. The van der Waals surface area contributed by atoms with Crippen molar-refractivity contribution in [1.29, 1.82) is 0 Å². The Morgan fingerprint density at radius 3 is 2.80 bits per heavy atom. The van der Waals surface area contributed by atoms with Crippen LogP contribution in [0.1, 0.15) is 0 Å². The molecule has 0 aromatic carbocycles. The van der Waals surface area contributed by atoms with Crippen LogP contribution in [0, 0.1) is 0 Å². The fourth-order valence-electron chi connectivity index (χ4n) is 0.799. The van der Waals surface area contributed by atoms with Crippen LogP contribution in [-0.2, 0) is 4.79 Å². The molecular weight excluding hydrogens is 136 g/mol. The van der Waals surface area contributed by atoms with Gasteiger partial charge in [0.15, 0.2) is 0 Å². The summed E-state index contributed by atoms with van der Waals surface area (Å²) in [4.78, 5) is 21.5. The minimum atomic E-state index is -1.41. The molecule has 1 rings (SSSR count). The lowest BCUT2D eigenvalue weighted by Gasteiger charge is -2.27. The van der Waals surface area contributed by atoms with Gasteiger partial charge < -0.3 is 15.2 Å². The number of imide groups is 1. The van der Waals surface area contributed by atoms with Gasteiger partial charge in [0.2, 0.25) is 5.91 Å². The number of carbonyl (C=O) groups excluding carboxylic acids is 2. The van der Waals surface area contributed by atoms with Crippen molar-refractivity contribution < 1.29 is 14.7 Å². The van der Waals surface area contributed by atoms with Gasteiger partial charge in [-0.2, -0.15) is 0 Å². The molecule has 0 aromatic rings. The van der Waals surface area contributed by atoms with Gasteiger partial charge in [0.1, 0.15) is 6.09 Å². The molecule has 56 valence electrons. The van der Waals surface area contributed by atoms with Crippen molar-refractivity contribution in [2.75, 3.05) is 19.6 Å². The molecule has 0 spiro atoms. The van der Waals surface area contributed by atoms with Crippen molar-refractivity contribution in [3.05, 3.63) is 0 Å². The number of hydrogen-bond donors (Lipinski definition) is 1. The zero-order chi connectivity index (χ0) is 7.56. The van der Waals surface area contributed by atoms with E-state index in [0.717, 1.165) is 0 Å². The molecule has 0 bridgehead atoms. The molecule has 2 amide bonds. The maximum atomic E-state index is 10.7. The molecule has 1 fully saturated rings. The maximum Gasteiger partial charge on any atom is 0.241 e. The van der Waals surface area contributed by atoms with Crippen molar-refractivity contribution in [1.82, 2.24) is 10.2 Å². The SMILES string of the molecule is O=C([O-])N1CCNCC1=O. The molecule has 0 aromatic heterocycles. The number of rotatable bonds is 0. The third kappa shape index (κ3) is 1.24. The number of hydrogen-bond acceptors (Lipinski definition) is 4. The molecule has 0 radical (unpaired) electrons. The van der Waals surface area contributed by atoms with E-state index in [1.165, 1.54) is 0 Å². The summed E-state index contributed by atoms with van der Waals surface area (Å²) in [5.41, 5.74) is 0. The van der Waals surface area contributed by atoms with Crippen LogP contribution in [0.4, 0.5) is 4.79 Å². The van der Waals surface area contributed by atoms with E-state index in [2.05, 4.69) is 5.32 Å². The molecule has 0 saturated carbocycles. The average molecular weight is 143 g/mol. The van der Waals surface area contributed by atoms with E-state index in [-0.39, 0.29) is 13.1 Å². The molecule has 1 aliphatic rings. The van der Waals surface area contributed by atoms with Gasteiger partial charge in [-0.3, -0.25) is 9.69 Å². The van der Waals surface area contributed by atoms with Crippen molar-refractivity contribution in [2.24, 2.45) is 0 Å². The van der Waals surface area contributed by atoms with Crippen LogP contribution in [0.15, 0.2) is 0 Å². The highest BCUT2D eigenvalue weighted by Crippen LogP contribution is 1.91. The van der Waals surface area contributed by atoms with Crippen molar-refractivity contribution in [3.8, 4) is 0 Å². The molecule has 10 heavy (non-hydrogen) atoms. The molecule has 5 heteroatoms. The normalized spacial score (nSPS) is 19.2. The van der Waals surface area contributed by atoms with E-state index in [0.29, 0.717) is 11.4 Å². The summed E-state index contributed by atoms with van der Waals surface area (Å²) >= 11 is 0. The third-order valence-electron chi connectivity index (χ3n) is 1.31. The van der Waals surface area contributed by atoms with Gasteiger partial charge in [-0.15, -0.1) is 0 Å². The average Bonchev–Trinajstić information content (AvgIpc) is 1.88. The third-order valence-corrected chi connectivity index (χ3v) is 1.31. The molecular formula is C5H7N2O3-. The summed E-state index contributed by atoms with van der Waals surface area (Å²) in [5, 5.41) is 12.9. The highest BCUT2D eigenvalue weighted by Gasteiger charge is 2.17. The van der Waals surface area contributed by atoms with Crippen molar-refractivity contribution >= 4 is 12.0 Å². The summed E-state index contributed by atoms with van der Waals surface area (Å²) in [5.74, 6) is -0.439. The number of amides is 2. The van der Waals surface area contributed by atoms with Crippen molar-refractivity contribution in [3.63, 3.8) is 0 Å². The molecule has 0 unspecified atom stereocenters. The van der Waals surface area contributed by atoms with Crippen LogP contribution in [-0.4, -0.2) is 36.5 Å². The van der Waals surface area contributed by atoms with E-state index in [1.54, 1.807) is 0 Å². The minimum Gasteiger partial charge on any atom is -0.530 e. The van der Waals surface area contributed by atoms with Gasteiger partial charge >= 0.3 is 0 Å². The van der Waals surface area contributed by atoms with Crippen LogP contribution >= 0.6 is 0 Å². The molecule has 0 atom stereocenters. The lowest BCUT2D eigenvalue weighted by molar-refractivity contribution is -0.264. The van der Waals surface area contributed by atoms with Gasteiger partial charge in [0.25, 0.3) is 0 Å². The molecule has 1 heterocycles. The Bertz CT molecular complexity index is 168. The minimum absolute atomic E-state index is 0.0912. The summed E-state index contributed by atoms with van der Waals surface area (Å²) in [6.45, 7) is 0.800. The van der Waals surface area contributed by atoms with E-state index >= 15 is 0 Å². The zero-order valence-electron chi connectivity index (χ0n) is 5.29. The predicted molar refractivity (Wildman–Crippen MR) is 30.0 cm³/mol. The second-order valence-electron chi connectivity index (χ2n) is 1.99. The Labute approximate surface area is 57.6 Å². The van der Waals surface area contributed by atoms with E-state index < -0.39 is 12.0 Å². The summed E-state index contributed by atoms with van der Waals surface area (Å²) in [6.07, 6.45) is -1.41. The van der Waals surface area contributed by atoms with Gasteiger partial charge in [0.05, 0.1) is 6.54 Å². The first kappa shape index (κ1) is 7.01. The summed E-state index contributed by atoms with van der Waals surface area (Å²) < 4.78 is 0. The largest absolute Gasteiger partial charge is 0.530 e. The Balaban J connectivity index is 2.56. The van der Waals surface area contributed by atoms with Crippen LogP contribution in [0.2, 0.25) is 0 Å². The van der Waals surface area contributed by atoms with Gasteiger partial charge in [-0.1, -0.05) is 0 Å². The van der Waals surface area contributed by atoms with Crippen LogP contribution in [0.5, 0.6) is 0 Å². The first-order valence-corrected chi connectivity index (χ1v) is 2.94. The van der Waals surface area contributed by atoms with Crippen LogP contribution in [0.3, 0.4) is 0 Å². The first-order valence-electron chi connectivity index (χ1n) is 2.94. The summed E-state index contributed by atoms with van der Waals surface area (Å²) in [6, 6.07) is 0. The smallest absolute Gasteiger partial charge is 0.241 e. The monoisotopic (exact) mass is 143 g/mol. The van der Waals surface area contributed by atoms with Crippen LogP contribution < -0.4 is 10.4 Å². The number of nitrogens with zero attached hydrogens (tertiary/aromatic N) is 1.